The second-order valence-corrected chi connectivity index (χ2v) is 1.79. The molecule has 1 nitrogen and oxygen atoms in total. The van der Waals surface area contributed by atoms with Crippen molar-refractivity contribution in [1.82, 2.24) is 5.32 Å². The van der Waals surface area contributed by atoms with Crippen LogP contribution in [0.2, 0.25) is 0 Å². The van der Waals surface area contributed by atoms with Gasteiger partial charge in [0.25, 0.3) is 0 Å². The molecule has 7 heavy (non-hydrogen) atoms. The Morgan fingerprint density at radius 3 is 2.71 bits per heavy atom. The van der Waals surface area contributed by atoms with E-state index in [-0.39, 0.29) is 0 Å². The molecule has 3 heteroatoms. The van der Waals surface area contributed by atoms with Crippen molar-refractivity contribution in [3.05, 3.63) is 11.6 Å². The average Bonchev–Trinajstić information content (AvgIpc) is 1.61. The molecule has 0 spiro atoms. The molecule has 1 N–H and O–H groups in total. The van der Waals surface area contributed by atoms with Gasteiger partial charge in [0.05, 0.1) is 12.0 Å². The molecule has 0 unspecified atom stereocenters. The van der Waals surface area contributed by atoms with E-state index in [0.717, 1.165) is 0 Å². The molecule has 0 heterocycles. The first-order valence-electron chi connectivity index (χ1n) is 1.77. The minimum atomic E-state index is 0.561. The number of thiocarbonyl (C=S) groups is 1. The van der Waals surface area contributed by atoms with Crippen LogP contribution in [0.25, 0.3) is 0 Å². The van der Waals surface area contributed by atoms with Crippen LogP contribution >= 0.6 is 23.8 Å². The molecular formula is C4H6ClNS. The van der Waals surface area contributed by atoms with Gasteiger partial charge in [-0.25, -0.2) is 0 Å². The number of halogens is 1. The lowest BCUT2D eigenvalue weighted by molar-refractivity contribution is 1.07. The van der Waals surface area contributed by atoms with Gasteiger partial charge < -0.3 is 5.32 Å². The van der Waals surface area contributed by atoms with Crippen LogP contribution in [0.3, 0.4) is 0 Å². The highest BCUT2D eigenvalue weighted by atomic mass is 35.5. The van der Waals surface area contributed by atoms with Gasteiger partial charge in [0, 0.05) is 5.03 Å². The molecule has 0 rings (SSSR count). The SMILES string of the molecule is C=C(Cl)CNC=S. The summed E-state index contributed by atoms with van der Waals surface area (Å²) in [5, 5.41) is 3.28. The van der Waals surface area contributed by atoms with E-state index in [1.807, 2.05) is 0 Å². The van der Waals surface area contributed by atoms with Crippen molar-refractivity contribution in [3.8, 4) is 0 Å². The Hall–Kier alpha value is -0.0800. The highest BCUT2D eigenvalue weighted by molar-refractivity contribution is 7.78. The second kappa shape index (κ2) is 4.09. The largest absolute Gasteiger partial charge is 0.377 e. The van der Waals surface area contributed by atoms with E-state index in [0.29, 0.717) is 11.6 Å². The summed E-state index contributed by atoms with van der Waals surface area (Å²) < 4.78 is 0. The first-order valence-corrected chi connectivity index (χ1v) is 2.62. The van der Waals surface area contributed by atoms with E-state index in [1.54, 1.807) is 0 Å². The van der Waals surface area contributed by atoms with E-state index in [1.165, 1.54) is 5.49 Å². The fourth-order valence-electron chi connectivity index (χ4n) is 0.152. The number of hydrogen-bond donors (Lipinski definition) is 1. The topological polar surface area (TPSA) is 12.0 Å². The van der Waals surface area contributed by atoms with E-state index in [2.05, 4.69) is 24.1 Å². The summed E-state index contributed by atoms with van der Waals surface area (Å²) in [6, 6.07) is 0. The van der Waals surface area contributed by atoms with Crippen LogP contribution in [0.4, 0.5) is 0 Å². The summed E-state index contributed by atoms with van der Waals surface area (Å²) >= 11 is 9.77. The minimum absolute atomic E-state index is 0.561. The maximum atomic E-state index is 5.33. The van der Waals surface area contributed by atoms with Gasteiger partial charge in [-0.2, -0.15) is 0 Å². The van der Waals surface area contributed by atoms with E-state index in [9.17, 15) is 0 Å². The Morgan fingerprint density at radius 2 is 2.57 bits per heavy atom. The van der Waals surface area contributed by atoms with Gasteiger partial charge in [-0.3, -0.25) is 0 Å². The zero-order valence-corrected chi connectivity index (χ0v) is 5.35. The van der Waals surface area contributed by atoms with Gasteiger partial charge in [0.15, 0.2) is 0 Å². The Bertz CT molecular complexity index is 81.8. The molecular weight excluding hydrogens is 130 g/mol. The molecule has 0 aliphatic rings. The summed E-state index contributed by atoms with van der Waals surface area (Å²) in [6.07, 6.45) is 0. The lowest BCUT2D eigenvalue weighted by Crippen LogP contribution is -2.09. The van der Waals surface area contributed by atoms with Crippen molar-refractivity contribution in [1.29, 1.82) is 0 Å². The molecule has 0 saturated heterocycles. The van der Waals surface area contributed by atoms with Crippen LogP contribution in [-0.2, 0) is 0 Å². The third-order valence-electron chi connectivity index (χ3n) is 0.377. The first kappa shape index (κ1) is 6.92. The molecule has 0 atom stereocenters. The Balaban J connectivity index is 2.97. The number of rotatable bonds is 3. The number of hydrogen-bond acceptors (Lipinski definition) is 1. The summed E-state index contributed by atoms with van der Waals surface area (Å²) in [4.78, 5) is 0. The van der Waals surface area contributed by atoms with Crippen LogP contribution in [0.15, 0.2) is 11.6 Å². The molecule has 0 saturated carbocycles. The van der Waals surface area contributed by atoms with Crippen molar-refractivity contribution < 1.29 is 0 Å². The van der Waals surface area contributed by atoms with Crippen molar-refractivity contribution in [3.63, 3.8) is 0 Å². The van der Waals surface area contributed by atoms with Crippen molar-refractivity contribution in [2.75, 3.05) is 6.54 Å². The third-order valence-corrected chi connectivity index (χ3v) is 0.678. The van der Waals surface area contributed by atoms with Gasteiger partial charge in [-0.1, -0.05) is 30.4 Å². The molecule has 0 aliphatic heterocycles. The molecule has 0 fully saturated rings. The Labute approximate surface area is 53.4 Å². The van der Waals surface area contributed by atoms with Crippen molar-refractivity contribution in [2.45, 2.75) is 0 Å². The fraction of sp³-hybridized carbons (Fsp3) is 0.250. The first-order chi connectivity index (χ1) is 3.27. The van der Waals surface area contributed by atoms with E-state index >= 15 is 0 Å². The normalized spacial score (nSPS) is 7.57. The van der Waals surface area contributed by atoms with Gasteiger partial charge in [0.1, 0.15) is 0 Å². The van der Waals surface area contributed by atoms with Crippen molar-refractivity contribution in [2.24, 2.45) is 0 Å². The van der Waals surface area contributed by atoms with Crippen LogP contribution in [0, 0.1) is 0 Å². The van der Waals surface area contributed by atoms with Gasteiger partial charge in [-0.15, -0.1) is 0 Å². The van der Waals surface area contributed by atoms with Crippen LogP contribution in [-0.4, -0.2) is 12.0 Å². The lowest BCUT2D eigenvalue weighted by atomic mass is 10.6. The smallest absolute Gasteiger partial charge is 0.0617 e. The highest BCUT2D eigenvalue weighted by Gasteiger charge is 1.79. The molecule has 40 valence electrons. The summed E-state index contributed by atoms with van der Waals surface area (Å²) in [5.74, 6) is 0. The molecule has 0 aromatic heterocycles. The molecule has 0 aromatic carbocycles. The zero-order chi connectivity index (χ0) is 5.70. The highest BCUT2D eigenvalue weighted by Crippen LogP contribution is 1.90. The summed E-state index contributed by atoms with van der Waals surface area (Å²) in [6.45, 7) is 3.99. The van der Waals surface area contributed by atoms with Crippen LogP contribution in [0.5, 0.6) is 0 Å². The second-order valence-electron chi connectivity index (χ2n) is 1.02. The molecule has 0 amide bonds. The monoisotopic (exact) mass is 135 g/mol. The van der Waals surface area contributed by atoms with Crippen LogP contribution in [0.1, 0.15) is 0 Å². The fourth-order valence-corrected chi connectivity index (χ4v) is 0.313. The predicted octanol–water partition coefficient (Wildman–Crippen LogP) is 1.29. The zero-order valence-electron chi connectivity index (χ0n) is 3.78. The summed E-state index contributed by atoms with van der Waals surface area (Å²) in [7, 11) is 0. The molecule has 0 aliphatic carbocycles. The maximum absolute atomic E-state index is 5.33. The standard InChI is InChI=1S/C4H6ClNS/c1-4(5)2-6-3-7/h3H,1-2H2,(H,6,7). The predicted molar refractivity (Wildman–Crippen MR) is 36.7 cm³/mol. The third kappa shape index (κ3) is 5.92. The minimum Gasteiger partial charge on any atom is -0.377 e. The van der Waals surface area contributed by atoms with E-state index in [4.69, 9.17) is 11.6 Å². The lowest BCUT2D eigenvalue weighted by Gasteiger charge is -1.91. The van der Waals surface area contributed by atoms with Crippen LogP contribution < -0.4 is 5.32 Å². The van der Waals surface area contributed by atoms with Gasteiger partial charge in [-0.05, 0) is 0 Å². The Kier molecular flexibility index (Phi) is 4.04. The Morgan fingerprint density at radius 1 is 2.00 bits per heavy atom. The molecule has 0 radical (unpaired) electrons. The quantitative estimate of drug-likeness (QED) is 0.586. The van der Waals surface area contributed by atoms with E-state index < -0.39 is 0 Å². The van der Waals surface area contributed by atoms with Gasteiger partial charge in [0.2, 0.25) is 0 Å². The summed E-state index contributed by atoms with van der Waals surface area (Å²) in [5.41, 5.74) is 1.41. The number of nitrogens with one attached hydrogen (secondary N) is 1. The maximum Gasteiger partial charge on any atom is 0.0617 e. The molecule has 0 aromatic rings. The molecule has 0 bridgehead atoms. The average molecular weight is 136 g/mol. The van der Waals surface area contributed by atoms with Gasteiger partial charge >= 0.3 is 0 Å². The van der Waals surface area contributed by atoms with Crippen molar-refractivity contribution >= 4 is 29.3 Å².